The van der Waals surface area contributed by atoms with Crippen LogP contribution < -0.4 is 26.6 Å². The van der Waals surface area contributed by atoms with Crippen LogP contribution in [-0.4, -0.2) is 127 Å². The van der Waals surface area contributed by atoms with Crippen LogP contribution in [0.3, 0.4) is 0 Å². The molecule has 5 N–H and O–H groups in total. The van der Waals surface area contributed by atoms with E-state index >= 15 is 0 Å². The number of benzene rings is 1. The second-order valence-corrected chi connectivity index (χ2v) is 19.8. The number of imide groups is 1. The van der Waals surface area contributed by atoms with Crippen LogP contribution in [0.2, 0.25) is 0 Å². The summed E-state index contributed by atoms with van der Waals surface area (Å²) in [5.41, 5.74) is 9.84. The average Bonchev–Trinajstić information content (AvgIpc) is 3.77. The quantitative estimate of drug-likeness (QED) is 0.126. The molecular weight excluding hydrogens is 944 g/mol. The lowest BCUT2D eigenvalue weighted by Gasteiger charge is -2.46. The zero-order valence-corrected chi connectivity index (χ0v) is 40.3. The smallest absolute Gasteiger partial charge is 0.383 e. The number of hydrogen-bond donors (Lipinski definition) is 4. The molecule has 2 atom stereocenters. The van der Waals surface area contributed by atoms with Crippen LogP contribution >= 0.6 is 0 Å². The van der Waals surface area contributed by atoms with Crippen molar-refractivity contribution in [2.45, 2.75) is 95.1 Å². The molecule has 73 heavy (non-hydrogen) atoms. The molecule has 6 amide bonds. The fourth-order valence-corrected chi connectivity index (χ4v) is 10.8. The first kappa shape index (κ1) is 49.2. The molecule has 1 saturated carbocycles. The molecule has 0 unspecified atom stereocenters. The number of allylic oxidation sites excluding steroid dienone is 1. The Labute approximate surface area is 419 Å². The molecule has 8 heterocycles. The van der Waals surface area contributed by atoms with E-state index in [-0.39, 0.29) is 71.5 Å². The van der Waals surface area contributed by atoms with Crippen LogP contribution in [0.25, 0.3) is 28.2 Å². The van der Waals surface area contributed by atoms with Gasteiger partial charge in [0.25, 0.3) is 5.91 Å². The summed E-state index contributed by atoms with van der Waals surface area (Å²) in [4.78, 5) is 85.8. The number of nitrogens with zero attached hydrogens (tertiary/aromatic N) is 9. The van der Waals surface area contributed by atoms with E-state index in [4.69, 9.17) is 15.8 Å². The molecule has 0 spiro atoms. The van der Waals surface area contributed by atoms with Crippen molar-refractivity contribution < 1.29 is 37.1 Å². The Kier molecular flexibility index (Phi) is 14.1. The number of anilines is 3. The van der Waals surface area contributed by atoms with Gasteiger partial charge in [0.1, 0.15) is 23.1 Å². The topological polar surface area (TPSA) is 217 Å². The Morgan fingerprint density at radius 1 is 0.863 bits per heavy atom. The van der Waals surface area contributed by atoms with Crippen LogP contribution in [0.4, 0.5) is 35.4 Å². The maximum atomic E-state index is 14.0. The number of nitrogen functional groups attached to an aromatic ring is 1. The van der Waals surface area contributed by atoms with Gasteiger partial charge < -0.3 is 31.1 Å². The maximum absolute atomic E-state index is 14.0. The normalized spacial score (nSPS) is 21.2. The lowest BCUT2D eigenvalue weighted by Crippen LogP contribution is -2.65. The summed E-state index contributed by atoms with van der Waals surface area (Å²) in [6.07, 6.45) is 10.9. The Morgan fingerprint density at radius 2 is 1.67 bits per heavy atom. The minimum absolute atomic E-state index is 0.00987. The average molecular weight is 1000 g/mol. The molecule has 1 aromatic carbocycles. The predicted molar refractivity (Wildman–Crippen MR) is 267 cm³/mol. The SMILES string of the molecule is Nc1ncc2c3c1c(-c1ccc(C(=O)Nc4cc(C(F)(F)F)ccn4)cc1)nn3[C@@H]1CCC[C@H](C1)NC(=O)CN(C(=O)CC1CCN(Cc3ccc(N4CC(N5CCC(=O)NC5=O)C4)nc3)CC1)CCC/C=C/2. The van der Waals surface area contributed by atoms with E-state index in [1.165, 1.54) is 0 Å². The summed E-state index contributed by atoms with van der Waals surface area (Å²) in [7, 11) is 0. The predicted octanol–water partition coefficient (Wildman–Crippen LogP) is 6.41. The summed E-state index contributed by atoms with van der Waals surface area (Å²) in [6, 6.07) is 11.8. The maximum Gasteiger partial charge on any atom is 0.416 e. The third-order valence-electron chi connectivity index (χ3n) is 14.8. The fraction of sp³-hybridized carbons (Fsp3) is 0.442. The van der Waals surface area contributed by atoms with Gasteiger partial charge in [0.2, 0.25) is 17.7 Å². The van der Waals surface area contributed by atoms with Crippen molar-refractivity contribution >= 4 is 64.1 Å². The van der Waals surface area contributed by atoms with Gasteiger partial charge in [0, 0.05) is 86.9 Å². The van der Waals surface area contributed by atoms with Crippen molar-refractivity contribution in [2.24, 2.45) is 5.92 Å². The van der Waals surface area contributed by atoms with Gasteiger partial charge in [-0.3, -0.25) is 34.1 Å². The van der Waals surface area contributed by atoms with Crippen molar-refractivity contribution in [3.8, 4) is 11.3 Å². The van der Waals surface area contributed by atoms with Crippen molar-refractivity contribution in [1.82, 2.24) is 50.1 Å². The van der Waals surface area contributed by atoms with Crippen molar-refractivity contribution in [3.63, 3.8) is 0 Å². The van der Waals surface area contributed by atoms with Gasteiger partial charge >= 0.3 is 12.2 Å². The lowest BCUT2D eigenvalue weighted by molar-refractivity contribution is -0.137. The molecule has 2 bridgehead atoms. The molecule has 0 radical (unpaired) electrons. The van der Waals surface area contributed by atoms with Crippen LogP contribution in [0.15, 0.2) is 73.2 Å². The largest absolute Gasteiger partial charge is 0.416 e. The number of rotatable bonds is 9. The first-order chi connectivity index (χ1) is 35.2. The Balaban J connectivity index is 0.762. The summed E-state index contributed by atoms with van der Waals surface area (Å²) in [5, 5.41) is 13.9. The Morgan fingerprint density at radius 3 is 2.42 bits per heavy atom. The second kappa shape index (κ2) is 21.0. The number of piperidine rings is 1. The lowest BCUT2D eigenvalue weighted by atomic mass is 9.90. The molecule has 1 aliphatic carbocycles. The first-order valence-electron chi connectivity index (χ1n) is 25.1. The van der Waals surface area contributed by atoms with Crippen molar-refractivity contribution in [2.75, 3.05) is 61.8 Å². The first-order valence-corrected chi connectivity index (χ1v) is 25.1. The number of halogens is 3. The molecule has 4 fully saturated rings. The highest BCUT2D eigenvalue weighted by Gasteiger charge is 2.38. The highest BCUT2D eigenvalue weighted by molar-refractivity contribution is 6.06. The van der Waals surface area contributed by atoms with Gasteiger partial charge in [-0.05, 0) is 106 Å². The monoisotopic (exact) mass is 1000 g/mol. The zero-order chi connectivity index (χ0) is 50.8. The van der Waals surface area contributed by atoms with Gasteiger partial charge in [-0.2, -0.15) is 18.3 Å². The van der Waals surface area contributed by atoms with E-state index in [1.807, 2.05) is 29.1 Å². The second-order valence-electron chi connectivity index (χ2n) is 19.8. The van der Waals surface area contributed by atoms with Crippen LogP contribution in [0, 0.1) is 5.92 Å². The van der Waals surface area contributed by atoms with E-state index < -0.39 is 17.6 Å². The van der Waals surface area contributed by atoms with Gasteiger partial charge in [0.05, 0.1) is 35.1 Å². The number of alkyl halides is 3. The summed E-state index contributed by atoms with van der Waals surface area (Å²) >= 11 is 0. The molecule has 18 nitrogen and oxygen atoms in total. The number of nitrogens with two attached hydrogens (primary N) is 1. The zero-order valence-electron chi connectivity index (χ0n) is 40.3. The number of aromatic nitrogens is 5. The molecule has 4 aliphatic heterocycles. The number of urea groups is 1. The number of nitrogens with one attached hydrogen (secondary N) is 3. The minimum atomic E-state index is -4.59. The Bertz CT molecular complexity index is 2910. The third-order valence-corrected chi connectivity index (χ3v) is 14.8. The van der Waals surface area contributed by atoms with Gasteiger partial charge in [-0.25, -0.2) is 19.7 Å². The highest BCUT2D eigenvalue weighted by Crippen LogP contribution is 2.39. The van der Waals surface area contributed by atoms with Gasteiger partial charge in [-0.15, -0.1) is 0 Å². The number of carbonyl (C=O) groups is 5. The summed E-state index contributed by atoms with van der Waals surface area (Å²) < 4.78 is 41.8. The van der Waals surface area contributed by atoms with Crippen molar-refractivity contribution in [3.05, 3.63) is 95.5 Å². The van der Waals surface area contributed by atoms with Crippen LogP contribution in [0.5, 0.6) is 0 Å². The number of likely N-dealkylation sites (tertiary alicyclic amines) is 1. The molecule has 382 valence electrons. The van der Waals surface area contributed by atoms with E-state index in [9.17, 15) is 37.1 Å². The molecule has 5 aliphatic rings. The third kappa shape index (κ3) is 11.2. The molecular formula is C52H58F3N13O5. The van der Waals surface area contributed by atoms with Gasteiger partial charge in [-0.1, -0.05) is 30.4 Å². The van der Waals surface area contributed by atoms with E-state index in [0.29, 0.717) is 74.9 Å². The molecule has 21 heteroatoms. The van der Waals surface area contributed by atoms with E-state index in [2.05, 4.69) is 41.8 Å². The Hall–Kier alpha value is -7.42. The van der Waals surface area contributed by atoms with E-state index in [0.717, 1.165) is 92.5 Å². The van der Waals surface area contributed by atoms with Crippen LogP contribution in [0.1, 0.15) is 97.3 Å². The van der Waals surface area contributed by atoms with E-state index in [1.54, 1.807) is 40.3 Å². The highest BCUT2D eigenvalue weighted by atomic mass is 19.4. The number of amides is 6. The van der Waals surface area contributed by atoms with Crippen LogP contribution in [-0.2, 0) is 27.1 Å². The minimum Gasteiger partial charge on any atom is -0.383 e. The van der Waals surface area contributed by atoms with Gasteiger partial charge in [0.15, 0.2) is 0 Å². The fourth-order valence-electron chi connectivity index (χ4n) is 10.8. The number of fused-ring (bicyclic) bond motifs is 3. The molecule has 4 aromatic heterocycles. The number of carbonyl (C=O) groups excluding carboxylic acids is 5. The summed E-state index contributed by atoms with van der Waals surface area (Å²) in [6.45, 7) is 4.68. The van der Waals surface area contributed by atoms with Crippen molar-refractivity contribution in [1.29, 1.82) is 0 Å². The standard InChI is InChI=1S/C52H58F3N13O5/c53-52(54,55)37-14-18-57-41(24-37)61-50(72)35-11-9-34(10-12-35)47-46-48-36(27-59-49(46)56)5-2-1-3-19-65(31-44(70)60-38-6-4-7-39(25-38)68(48)63-47)45(71)23-32-15-20-64(21-16-32)28-33-8-13-42(58-26-33)66-29-40(30-66)67-22-17-43(69)62-51(67)73/h2,5,8-14,18,24,26-27,32,38-40H,1,3-4,6-7,15-17,19-23,25,28-31H2,(H2,56,59)(H,60,70)(H,57,61,72)(H,62,69,73)/b5-2+/t38-,39-/m1/s1. The molecule has 5 aromatic rings. The number of pyridine rings is 3. The number of hydrogen-bond acceptors (Lipinski definition) is 12. The molecule has 10 rings (SSSR count). The molecule has 3 saturated heterocycles. The summed E-state index contributed by atoms with van der Waals surface area (Å²) in [5.74, 6) is 0.0695.